The lowest BCUT2D eigenvalue weighted by atomic mass is 10.1. The number of benzene rings is 1. The summed E-state index contributed by atoms with van der Waals surface area (Å²) >= 11 is 0. The molecule has 1 aromatic carbocycles. The summed E-state index contributed by atoms with van der Waals surface area (Å²) in [7, 11) is 1.38. The minimum atomic E-state index is -0.402. The van der Waals surface area contributed by atoms with E-state index in [9.17, 15) is 14.9 Å². The van der Waals surface area contributed by atoms with Crippen molar-refractivity contribution in [2.24, 2.45) is 0 Å². The van der Waals surface area contributed by atoms with Gasteiger partial charge in [0.1, 0.15) is 0 Å². The Balaban J connectivity index is 2.33. The van der Waals surface area contributed by atoms with Crippen LogP contribution in [0.15, 0.2) is 18.2 Å². The second kappa shape index (κ2) is 8.14. The predicted octanol–water partition coefficient (Wildman–Crippen LogP) is 3.05. The smallest absolute Gasteiger partial charge is 0.305 e. The average molecular weight is 280 g/mol. The Hall–Kier alpha value is -2.11. The SMILES string of the molecule is COC(=O)CCCCCNc1cc([N+](=O)[O-])ccc1C. The molecule has 0 bridgehead atoms. The summed E-state index contributed by atoms with van der Waals surface area (Å²) in [6.45, 7) is 2.63. The highest BCUT2D eigenvalue weighted by Crippen LogP contribution is 2.21. The number of methoxy groups -OCH3 is 1. The van der Waals surface area contributed by atoms with Crippen molar-refractivity contribution in [3.05, 3.63) is 33.9 Å². The molecular formula is C14H20N2O4. The van der Waals surface area contributed by atoms with Gasteiger partial charge in [-0.2, -0.15) is 0 Å². The number of nitrogens with one attached hydrogen (secondary N) is 1. The first-order valence-corrected chi connectivity index (χ1v) is 6.60. The van der Waals surface area contributed by atoms with E-state index in [4.69, 9.17) is 0 Å². The summed E-state index contributed by atoms with van der Waals surface area (Å²) in [6.07, 6.45) is 3.05. The summed E-state index contributed by atoms with van der Waals surface area (Å²) in [6, 6.07) is 4.78. The van der Waals surface area contributed by atoms with Gasteiger partial charge in [-0.25, -0.2) is 0 Å². The predicted molar refractivity (Wildman–Crippen MR) is 76.8 cm³/mol. The van der Waals surface area contributed by atoms with Crippen LogP contribution in [0.4, 0.5) is 11.4 Å². The molecule has 0 radical (unpaired) electrons. The van der Waals surface area contributed by atoms with E-state index in [1.54, 1.807) is 12.1 Å². The molecular weight excluding hydrogens is 260 g/mol. The van der Waals surface area contributed by atoms with Crippen LogP contribution in [-0.4, -0.2) is 24.5 Å². The van der Waals surface area contributed by atoms with Crippen molar-refractivity contribution in [1.29, 1.82) is 0 Å². The van der Waals surface area contributed by atoms with Gasteiger partial charge in [-0.1, -0.05) is 12.5 Å². The van der Waals surface area contributed by atoms with E-state index < -0.39 is 4.92 Å². The maximum atomic E-state index is 10.9. The fourth-order valence-corrected chi connectivity index (χ4v) is 1.81. The summed E-state index contributed by atoms with van der Waals surface area (Å²) in [5.41, 5.74) is 1.85. The van der Waals surface area contributed by atoms with Gasteiger partial charge in [0.2, 0.25) is 0 Å². The second-order valence-electron chi connectivity index (χ2n) is 4.57. The zero-order valence-electron chi connectivity index (χ0n) is 11.8. The van der Waals surface area contributed by atoms with Crippen LogP contribution >= 0.6 is 0 Å². The molecule has 0 aliphatic carbocycles. The van der Waals surface area contributed by atoms with E-state index in [1.807, 2.05) is 6.92 Å². The molecule has 1 rings (SSSR count). The molecule has 0 heterocycles. The summed E-state index contributed by atoms with van der Waals surface area (Å²) in [4.78, 5) is 21.2. The number of nitro groups is 1. The van der Waals surface area contributed by atoms with Crippen LogP contribution in [-0.2, 0) is 9.53 Å². The third kappa shape index (κ3) is 5.26. The number of unbranched alkanes of at least 4 members (excludes halogenated alkanes) is 2. The summed E-state index contributed by atoms with van der Waals surface area (Å²) in [5, 5.41) is 13.9. The van der Waals surface area contributed by atoms with Gasteiger partial charge < -0.3 is 10.1 Å². The van der Waals surface area contributed by atoms with Gasteiger partial charge >= 0.3 is 5.97 Å². The molecule has 0 fully saturated rings. The number of rotatable bonds is 8. The number of carbonyl (C=O) groups is 1. The van der Waals surface area contributed by atoms with E-state index in [2.05, 4.69) is 10.1 Å². The highest BCUT2D eigenvalue weighted by Gasteiger charge is 2.08. The van der Waals surface area contributed by atoms with E-state index in [-0.39, 0.29) is 11.7 Å². The van der Waals surface area contributed by atoms with Gasteiger partial charge in [0.05, 0.1) is 12.0 Å². The minimum absolute atomic E-state index is 0.0868. The fraction of sp³-hybridized carbons (Fsp3) is 0.500. The van der Waals surface area contributed by atoms with E-state index >= 15 is 0 Å². The zero-order valence-corrected chi connectivity index (χ0v) is 11.8. The van der Waals surface area contributed by atoms with Crippen molar-refractivity contribution >= 4 is 17.3 Å². The fourth-order valence-electron chi connectivity index (χ4n) is 1.81. The Morgan fingerprint density at radius 2 is 2.10 bits per heavy atom. The van der Waals surface area contributed by atoms with Gasteiger partial charge in [0.25, 0.3) is 5.69 Å². The van der Waals surface area contributed by atoms with Crippen LogP contribution < -0.4 is 5.32 Å². The molecule has 0 aliphatic rings. The molecule has 110 valence electrons. The van der Waals surface area contributed by atoms with Crippen LogP contribution in [0.1, 0.15) is 31.2 Å². The van der Waals surface area contributed by atoms with Crippen LogP contribution in [0.5, 0.6) is 0 Å². The Morgan fingerprint density at radius 3 is 2.75 bits per heavy atom. The molecule has 0 saturated heterocycles. The lowest BCUT2D eigenvalue weighted by molar-refractivity contribution is -0.384. The number of non-ortho nitro benzene ring substituents is 1. The number of nitro benzene ring substituents is 1. The molecule has 0 atom stereocenters. The van der Waals surface area contributed by atoms with E-state index in [0.29, 0.717) is 6.42 Å². The Kier molecular flexibility index (Phi) is 6.49. The first kappa shape index (κ1) is 15.9. The van der Waals surface area contributed by atoms with Crippen LogP contribution in [0, 0.1) is 17.0 Å². The monoisotopic (exact) mass is 280 g/mol. The van der Waals surface area contributed by atoms with Gasteiger partial charge in [0, 0.05) is 30.8 Å². The molecule has 0 saturated carbocycles. The van der Waals surface area contributed by atoms with Gasteiger partial charge in [0.15, 0.2) is 0 Å². The summed E-state index contributed by atoms with van der Waals surface area (Å²) in [5.74, 6) is -0.188. The average Bonchev–Trinajstić information content (AvgIpc) is 2.43. The van der Waals surface area contributed by atoms with Gasteiger partial charge in [-0.15, -0.1) is 0 Å². The number of nitrogens with zero attached hydrogens (tertiary/aromatic N) is 1. The lowest BCUT2D eigenvalue weighted by Crippen LogP contribution is -2.04. The minimum Gasteiger partial charge on any atom is -0.469 e. The lowest BCUT2D eigenvalue weighted by Gasteiger charge is -2.09. The van der Waals surface area contributed by atoms with Crippen molar-refractivity contribution < 1.29 is 14.5 Å². The molecule has 1 N–H and O–H groups in total. The molecule has 6 nitrogen and oxygen atoms in total. The standard InChI is InChI=1S/C14H20N2O4/c1-11-7-8-12(16(18)19)10-13(11)15-9-5-3-4-6-14(17)20-2/h7-8,10,15H,3-6,9H2,1-2H3. The highest BCUT2D eigenvalue weighted by molar-refractivity contribution is 5.68. The number of hydrogen-bond donors (Lipinski definition) is 1. The number of carbonyl (C=O) groups excluding carboxylic acids is 1. The molecule has 0 amide bonds. The van der Waals surface area contributed by atoms with Gasteiger partial charge in [-0.05, 0) is 25.3 Å². The normalized spacial score (nSPS) is 10.1. The van der Waals surface area contributed by atoms with Crippen molar-refractivity contribution in [3.63, 3.8) is 0 Å². The Morgan fingerprint density at radius 1 is 1.35 bits per heavy atom. The number of ether oxygens (including phenoxy) is 1. The molecule has 1 aromatic rings. The maximum absolute atomic E-state index is 10.9. The van der Waals surface area contributed by atoms with Crippen LogP contribution in [0.2, 0.25) is 0 Å². The quantitative estimate of drug-likeness (QED) is 0.342. The largest absolute Gasteiger partial charge is 0.469 e. The highest BCUT2D eigenvalue weighted by atomic mass is 16.6. The maximum Gasteiger partial charge on any atom is 0.305 e. The molecule has 6 heteroatoms. The Labute approximate surface area is 118 Å². The van der Waals surface area contributed by atoms with Gasteiger partial charge in [-0.3, -0.25) is 14.9 Å². The molecule has 20 heavy (non-hydrogen) atoms. The third-order valence-electron chi connectivity index (χ3n) is 3.03. The molecule has 0 aliphatic heterocycles. The van der Waals surface area contributed by atoms with Crippen LogP contribution in [0.25, 0.3) is 0 Å². The number of aryl methyl sites for hydroxylation is 1. The second-order valence-corrected chi connectivity index (χ2v) is 4.57. The molecule has 0 spiro atoms. The van der Waals surface area contributed by atoms with Crippen LogP contribution in [0.3, 0.4) is 0 Å². The van der Waals surface area contributed by atoms with Crippen molar-refractivity contribution in [3.8, 4) is 0 Å². The summed E-state index contributed by atoms with van der Waals surface area (Å²) < 4.78 is 4.56. The first-order valence-electron chi connectivity index (χ1n) is 6.60. The Bertz CT molecular complexity index is 474. The third-order valence-corrected chi connectivity index (χ3v) is 3.03. The van der Waals surface area contributed by atoms with Crippen molar-refractivity contribution in [2.45, 2.75) is 32.6 Å². The number of anilines is 1. The first-order chi connectivity index (χ1) is 9.54. The number of hydrogen-bond acceptors (Lipinski definition) is 5. The van der Waals surface area contributed by atoms with E-state index in [1.165, 1.54) is 13.2 Å². The van der Waals surface area contributed by atoms with E-state index in [0.717, 1.165) is 37.1 Å². The molecule has 0 unspecified atom stereocenters. The molecule has 0 aromatic heterocycles. The topological polar surface area (TPSA) is 81.5 Å². The zero-order chi connectivity index (χ0) is 15.0. The van der Waals surface area contributed by atoms with Crippen molar-refractivity contribution in [2.75, 3.05) is 19.0 Å². The number of esters is 1. The van der Waals surface area contributed by atoms with Crippen molar-refractivity contribution in [1.82, 2.24) is 0 Å².